The summed E-state index contributed by atoms with van der Waals surface area (Å²) < 4.78 is 5.51. The molecule has 1 aromatic carbocycles. The molecular weight excluding hydrogens is 302 g/mol. The molecule has 1 N–H and O–H groups in total. The maximum atomic E-state index is 12.3. The Morgan fingerprint density at radius 2 is 1.96 bits per heavy atom. The Labute approximate surface area is 145 Å². The number of anilines is 1. The number of fused-ring (bicyclic) bond motifs is 1. The number of nitrogens with one attached hydrogen (secondary N) is 1. The molecule has 2 aliphatic heterocycles. The molecule has 2 aliphatic rings. The van der Waals surface area contributed by atoms with E-state index in [1.165, 1.54) is 16.8 Å². The molecule has 3 rings (SSSR count). The molecule has 1 aromatic rings. The van der Waals surface area contributed by atoms with Crippen LogP contribution in [-0.2, 0) is 17.7 Å². The van der Waals surface area contributed by atoms with Crippen molar-refractivity contribution in [2.75, 3.05) is 37.6 Å². The van der Waals surface area contributed by atoms with Crippen molar-refractivity contribution < 1.29 is 9.53 Å². The molecule has 132 valence electrons. The van der Waals surface area contributed by atoms with Gasteiger partial charge in [0.05, 0.1) is 0 Å². The van der Waals surface area contributed by atoms with Crippen molar-refractivity contribution in [3.63, 3.8) is 0 Å². The van der Waals surface area contributed by atoms with Crippen molar-refractivity contribution in [2.45, 2.75) is 45.8 Å². The van der Waals surface area contributed by atoms with Crippen LogP contribution in [0.2, 0.25) is 0 Å². The second-order valence-electron chi connectivity index (χ2n) is 7.69. The van der Waals surface area contributed by atoms with Gasteiger partial charge in [-0.05, 0) is 63.4 Å². The second-order valence-corrected chi connectivity index (χ2v) is 7.69. The highest BCUT2D eigenvalue weighted by atomic mass is 16.6. The first-order chi connectivity index (χ1) is 11.4. The number of carbonyl (C=O) groups is 1. The van der Waals surface area contributed by atoms with Crippen molar-refractivity contribution >= 4 is 11.8 Å². The third-order valence-electron chi connectivity index (χ3n) is 4.59. The molecule has 1 fully saturated rings. The van der Waals surface area contributed by atoms with Gasteiger partial charge in [-0.15, -0.1) is 0 Å². The van der Waals surface area contributed by atoms with Gasteiger partial charge in [0.15, 0.2) is 0 Å². The predicted molar refractivity (Wildman–Crippen MR) is 96.5 cm³/mol. The Balaban J connectivity index is 1.64. The summed E-state index contributed by atoms with van der Waals surface area (Å²) in [6.45, 7) is 11.1. The van der Waals surface area contributed by atoms with Crippen LogP contribution in [0.3, 0.4) is 0 Å². The van der Waals surface area contributed by atoms with E-state index < -0.39 is 5.60 Å². The summed E-state index contributed by atoms with van der Waals surface area (Å²) in [4.78, 5) is 16.5. The molecule has 1 saturated heterocycles. The summed E-state index contributed by atoms with van der Waals surface area (Å²) in [6.07, 6.45) is 1.87. The van der Waals surface area contributed by atoms with Gasteiger partial charge in [-0.3, -0.25) is 0 Å². The van der Waals surface area contributed by atoms with Crippen molar-refractivity contribution in [1.29, 1.82) is 0 Å². The molecule has 0 radical (unpaired) electrons. The number of carbonyl (C=O) groups excluding carboxylic acids is 1. The standard InChI is InChI=1S/C19H29N3O2/c1-19(2,3)24-18(23)22-10-4-9-21(11-12-22)17-6-5-16-14-20-8-7-15(16)13-17/h5-6,13,20H,4,7-12,14H2,1-3H3. The third kappa shape index (κ3) is 4.20. The van der Waals surface area contributed by atoms with Gasteiger partial charge in [0, 0.05) is 38.4 Å². The Morgan fingerprint density at radius 1 is 1.12 bits per heavy atom. The molecule has 0 unspecified atom stereocenters. The summed E-state index contributed by atoms with van der Waals surface area (Å²) in [7, 11) is 0. The van der Waals surface area contributed by atoms with Gasteiger partial charge >= 0.3 is 6.09 Å². The van der Waals surface area contributed by atoms with Crippen molar-refractivity contribution in [2.24, 2.45) is 0 Å². The van der Waals surface area contributed by atoms with Crippen molar-refractivity contribution in [1.82, 2.24) is 10.2 Å². The first-order valence-corrected chi connectivity index (χ1v) is 8.98. The number of rotatable bonds is 1. The smallest absolute Gasteiger partial charge is 0.410 e. The number of hydrogen-bond donors (Lipinski definition) is 1. The Bertz CT molecular complexity index is 595. The average molecular weight is 331 g/mol. The summed E-state index contributed by atoms with van der Waals surface area (Å²) in [5.41, 5.74) is 3.71. The molecule has 2 heterocycles. The summed E-state index contributed by atoms with van der Waals surface area (Å²) in [5, 5.41) is 3.42. The number of ether oxygens (including phenoxy) is 1. The van der Waals surface area contributed by atoms with E-state index in [1.807, 2.05) is 25.7 Å². The van der Waals surface area contributed by atoms with Crippen LogP contribution in [0.4, 0.5) is 10.5 Å². The average Bonchev–Trinajstić information content (AvgIpc) is 2.79. The molecular formula is C19H29N3O2. The first-order valence-electron chi connectivity index (χ1n) is 8.98. The molecule has 0 spiro atoms. The zero-order chi connectivity index (χ0) is 17.2. The van der Waals surface area contributed by atoms with E-state index in [1.54, 1.807) is 0 Å². The lowest BCUT2D eigenvalue weighted by Crippen LogP contribution is -2.39. The van der Waals surface area contributed by atoms with Crippen LogP contribution in [0.25, 0.3) is 0 Å². The maximum absolute atomic E-state index is 12.3. The normalized spacial score (nSPS) is 18.8. The van der Waals surface area contributed by atoms with Crippen LogP contribution >= 0.6 is 0 Å². The summed E-state index contributed by atoms with van der Waals surface area (Å²) in [5.74, 6) is 0. The van der Waals surface area contributed by atoms with Gasteiger partial charge in [-0.2, -0.15) is 0 Å². The van der Waals surface area contributed by atoms with Crippen LogP contribution in [0, 0.1) is 0 Å². The molecule has 0 saturated carbocycles. The van der Waals surface area contributed by atoms with E-state index >= 15 is 0 Å². The van der Waals surface area contributed by atoms with Gasteiger partial charge in [0.1, 0.15) is 5.60 Å². The van der Waals surface area contributed by atoms with Crippen LogP contribution in [-0.4, -0.2) is 49.3 Å². The fraction of sp³-hybridized carbons (Fsp3) is 0.632. The number of nitrogens with zero attached hydrogens (tertiary/aromatic N) is 2. The first kappa shape index (κ1) is 17.1. The van der Waals surface area contributed by atoms with Gasteiger partial charge in [-0.25, -0.2) is 4.79 Å². The molecule has 0 atom stereocenters. The van der Waals surface area contributed by atoms with E-state index in [0.29, 0.717) is 6.54 Å². The molecule has 24 heavy (non-hydrogen) atoms. The lowest BCUT2D eigenvalue weighted by Gasteiger charge is -2.27. The minimum atomic E-state index is -0.435. The monoisotopic (exact) mass is 331 g/mol. The predicted octanol–water partition coefficient (Wildman–Crippen LogP) is 2.78. The van der Waals surface area contributed by atoms with Gasteiger partial charge in [0.2, 0.25) is 0 Å². The fourth-order valence-electron chi connectivity index (χ4n) is 3.35. The Hall–Kier alpha value is -1.75. The van der Waals surface area contributed by atoms with Gasteiger partial charge in [0.25, 0.3) is 0 Å². The number of hydrogen-bond acceptors (Lipinski definition) is 4. The molecule has 5 nitrogen and oxygen atoms in total. The SMILES string of the molecule is CC(C)(C)OC(=O)N1CCCN(c2ccc3c(c2)CCNC3)CC1. The van der Waals surface area contributed by atoms with Gasteiger partial charge in [-0.1, -0.05) is 6.07 Å². The minimum absolute atomic E-state index is 0.194. The maximum Gasteiger partial charge on any atom is 0.410 e. The molecule has 0 aromatic heterocycles. The number of benzene rings is 1. The van der Waals surface area contributed by atoms with Crippen LogP contribution in [0.1, 0.15) is 38.3 Å². The Morgan fingerprint density at radius 3 is 2.75 bits per heavy atom. The molecule has 0 bridgehead atoms. The van der Waals surface area contributed by atoms with E-state index in [4.69, 9.17) is 4.74 Å². The number of amides is 1. The van der Waals surface area contributed by atoms with E-state index in [9.17, 15) is 4.79 Å². The Kier molecular flexibility index (Phi) is 4.99. The van der Waals surface area contributed by atoms with E-state index in [-0.39, 0.29) is 6.09 Å². The van der Waals surface area contributed by atoms with Gasteiger partial charge < -0.3 is 19.9 Å². The summed E-state index contributed by atoms with van der Waals surface area (Å²) >= 11 is 0. The molecule has 0 aliphatic carbocycles. The van der Waals surface area contributed by atoms with Crippen LogP contribution in [0.15, 0.2) is 18.2 Å². The lowest BCUT2D eigenvalue weighted by atomic mass is 10.00. The second kappa shape index (κ2) is 7.01. The van der Waals surface area contributed by atoms with E-state index in [2.05, 4.69) is 28.4 Å². The van der Waals surface area contributed by atoms with E-state index in [0.717, 1.165) is 45.6 Å². The quantitative estimate of drug-likeness (QED) is 0.859. The highest BCUT2D eigenvalue weighted by molar-refractivity contribution is 5.68. The highest BCUT2D eigenvalue weighted by Crippen LogP contribution is 2.23. The highest BCUT2D eigenvalue weighted by Gasteiger charge is 2.24. The van der Waals surface area contributed by atoms with Crippen molar-refractivity contribution in [3.05, 3.63) is 29.3 Å². The zero-order valence-electron chi connectivity index (χ0n) is 15.1. The van der Waals surface area contributed by atoms with Crippen molar-refractivity contribution in [3.8, 4) is 0 Å². The zero-order valence-corrected chi connectivity index (χ0v) is 15.1. The molecule has 5 heteroatoms. The molecule has 1 amide bonds. The largest absolute Gasteiger partial charge is 0.444 e. The minimum Gasteiger partial charge on any atom is -0.444 e. The topological polar surface area (TPSA) is 44.8 Å². The van der Waals surface area contributed by atoms with Crippen LogP contribution in [0.5, 0.6) is 0 Å². The van der Waals surface area contributed by atoms with Crippen LogP contribution < -0.4 is 10.2 Å². The fourth-order valence-corrected chi connectivity index (χ4v) is 3.35. The third-order valence-corrected chi connectivity index (χ3v) is 4.59. The summed E-state index contributed by atoms with van der Waals surface area (Å²) in [6, 6.07) is 6.79. The lowest BCUT2D eigenvalue weighted by molar-refractivity contribution is 0.0263.